The number of urea groups is 1. The standard InChI is InChI=1S/C24H15AsF5N5O2/c25-22-20-19(14(21(36)11-1-2-11)9-35(20)32-10-31-22)12-3-6-17(16(27)7-12)33-23(37)34-18-8-13(24(28,29)30)4-5-15(18)26/h3-11H,1-2H2,(H2,33,34,37). The van der Waals surface area contributed by atoms with Gasteiger partial charge in [0.2, 0.25) is 0 Å². The number of aromatic nitrogens is 3. The third-order valence-electron chi connectivity index (χ3n) is 5.82. The molecule has 0 bridgehead atoms. The molecule has 7 nitrogen and oxygen atoms in total. The molecule has 1 fully saturated rings. The summed E-state index contributed by atoms with van der Waals surface area (Å²) in [5.74, 6) is -2.17. The summed E-state index contributed by atoms with van der Waals surface area (Å²) in [6.07, 6.45) is -0.304. The third-order valence-corrected chi connectivity index (χ3v) is 6.50. The van der Waals surface area contributed by atoms with Crippen molar-refractivity contribution in [3.05, 3.63) is 71.7 Å². The van der Waals surface area contributed by atoms with E-state index < -0.39 is 35.1 Å². The number of carbonyl (C=O) groups excluding carboxylic acids is 2. The molecule has 2 radical (unpaired) electrons. The van der Waals surface area contributed by atoms with Gasteiger partial charge >= 0.3 is 179 Å². The van der Waals surface area contributed by atoms with E-state index >= 15 is 4.39 Å². The summed E-state index contributed by atoms with van der Waals surface area (Å²) in [6, 6.07) is 4.21. The maximum absolute atomic E-state index is 15.1. The molecule has 0 unspecified atom stereocenters. The summed E-state index contributed by atoms with van der Waals surface area (Å²) in [6.45, 7) is 0. The molecule has 2 aromatic carbocycles. The van der Waals surface area contributed by atoms with Gasteiger partial charge in [-0.15, -0.1) is 0 Å². The van der Waals surface area contributed by atoms with Gasteiger partial charge in [0.15, 0.2) is 0 Å². The van der Waals surface area contributed by atoms with Crippen LogP contribution in [0.2, 0.25) is 0 Å². The number of nitrogens with zero attached hydrogens (tertiary/aromatic N) is 3. The Labute approximate surface area is 214 Å². The van der Waals surface area contributed by atoms with Crippen LogP contribution in [0, 0.1) is 17.6 Å². The van der Waals surface area contributed by atoms with Crippen molar-refractivity contribution < 1.29 is 31.5 Å². The Morgan fingerprint density at radius 2 is 1.73 bits per heavy atom. The van der Waals surface area contributed by atoms with E-state index in [1.54, 1.807) is 6.20 Å². The molecule has 1 saturated carbocycles. The van der Waals surface area contributed by atoms with Gasteiger partial charge in [0, 0.05) is 0 Å². The first kappa shape index (κ1) is 24.9. The van der Waals surface area contributed by atoms with Crippen molar-refractivity contribution in [1.29, 1.82) is 0 Å². The topological polar surface area (TPSA) is 88.4 Å². The van der Waals surface area contributed by atoms with Crippen LogP contribution in [-0.2, 0) is 6.18 Å². The molecule has 13 heteroatoms. The van der Waals surface area contributed by atoms with Crippen LogP contribution in [-0.4, -0.2) is 43.3 Å². The summed E-state index contributed by atoms with van der Waals surface area (Å²) in [5.41, 5.74) is -0.543. The molecule has 0 aliphatic heterocycles. The fourth-order valence-corrected chi connectivity index (χ4v) is 4.44. The number of benzene rings is 2. The molecule has 188 valence electrons. The second kappa shape index (κ2) is 9.26. The van der Waals surface area contributed by atoms with Gasteiger partial charge in [-0.2, -0.15) is 13.2 Å². The Morgan fingerprint density at radius 1 is 1.00 bits per heavy atom. The van der Waals surface area contributed by atoms with Crippen molar-refractivity contribution in [1.82, 2.24) is 14.6 Å². The van der Waals surface area contributed by atoms with Crippen LogP contribution in [0.3, 0.4) is 0 Å². The number of anilines is 2. The second-order valence-corrected chi connectivity index (χ2v) is 9.29. The second-order valence-electron chi connectivity index (χ2n) is 8.40. The van der Waals surface area contributed by atoms with Crippen LogP contribution in [0.25, 0.3) is 16.6 Å². The fraction of sp³-hybridized carbons (Fsp3) is 0.167. The SMILES string of the molecule is O=C(Nc1ccc(-c2c(C(=O)C3CC3)cn3ncnc([As])c23)cc1F)Nc1cc(C(F)(F)F)ccc1F. The molecule has 2 N–H and O–H groups in total. The predicted molar refractivity (Wildman–Crippen MR) is 125 cm³/mol. The van der Waals surface area contributed by atoms with Crippen LogP contribution in [0.4, 0.5) is 38.1 Å². The monoisotopic (exact) mass is 575 g/mol. The van der Waals surface area contributed by atoms with E-state index in [-0.39, 0.29) is 17.4 Å². The number of carbonyl (C=O) groups is 2. The number of alkyl halides is 3. The average Bonchev–Trinajstić information content (AvgIpc) is 3.60. The van der Waals surface area contributed by atoms with E-state index in [9.17, 15) is 27.2 Å². The van der Waals surface area contributed by atoms with Crippen molar-refractivity contribution >= 4 is 50.0 Å². The number of Topliss-reactive ketones (excluding diaryl/α,β-unsaturated/α-hetero) is 1. The number of rotatable bonds is 5. The summed E-state index contributed by atoms with van der Waals surface area (Å²) in [5, 5.41) is 8.26. The Balaban J connectivity index is 1.44. The number of nitrogens with one attached hydrogen (secondary N) is 2. The number of amides is 2. The first-order valence-electron chi connectivity index (χ1n) is 10.9. The predicted octanol–water partition coefficient (Wildman–Crippen LogP) is 4.72. The molecular formula is C24H15AsF5N5O2. The number of fused-ring (bicyclic) bond motifs is 1. The molecule has 1 aliphatic carbocycles. The molecule has 4 aromatic rings. The normalized spacial score (nSPS) is 13.6. The maximum atomic E-state index is 15.1. The van der Waals surface area contributed by atoms with Crippen molar-refractivity contribution in [2.24, 2.45) is 5.92 Å². The number of hydrogen-bond acceptors (Lipinski definition) is 4. The van der Waals surface area contributed by atoms with Gasteiger partial charge in [-0.1, -0.05) is 0 Å². The number of ketones is 1. The zero-order valence-corrected chi connectivity index (χ0v) is 20.5. The Hall–Kier alpha value is -3.79. The van der Waals surface area contributed by atoms with Crippen LogP contribution in [0.15, 0.2) is 48.9 Å². The van der Waals surface area contributed by atoms with Crippen LogP contribution in [0.1, 0.15) is 28.8 Å². The van der Waals surface area contributed by atoms with Gasteiger partial charge in [-0.05, 0) is 12.1 Å². The molecule has 0 saturated heterocycles. The van der Waals surface area contributed by atoms with Crippen molar-refractivity contribution in [2.45, 2.75) is 19.0 Å². The van der Waals surface area contributed by atoms with Crippen molar-refractivity contribution in [3.8, 4) is 11.1 Å². The van der Waals surface area contributed by atoms with Gasteiger partial charge in [0.1, 0.15) is 0 Å². The third kappa shape index (κ3) is 4.93. The summed E-state index contributed by atoms with van der Waals surface area (Å²) in [4.78, 5) is 29.4. The van der Waals surface area contributed by atoms with Gasteiger partial charge in [0.05, 0.1) is 5.56 Å². The van der Waals surface area contributed by atoms with E-state index in [2.05, 4.69) is 32.3 Å². The van der Waals surface area contributed by atoms with Gasteiger partial charge < -0.3 is 0 Å². The Morgan fingerprint density at radius 3 is 2.41 bits per heavy atom. The smallest absolute Gasteiger partial charge is 0.205 e. The van der Waals surface area contributed by atoms with E-state index in [1.807, 2.05) is 5.32 Å². The average molecular weight is 575 g/mol. The summed E-state index contributed by atoms with van der Waals surface area (Å²) < 4.78 is 69.7. The number of hydrogen-bond donors (Lipinski definition) is 2. The molecule has 1 aliphatic rings. The minimum atomic E-state index is -4.74. The molecule has 2 aromatic heterocycles. The first-order chi connectivity index (χ1) is 17.5. The molecule has 0 atom stereocenters. The summed E-state index contributed by atoms with van der Waals surface area (Å²) in [7, 11) is 0. The minimum absolute atomic E-state index is 0.0856. The zero-order chi connectivity index (χ0) is 26.5. The Bertz CT molecular complexity index is 1570. The zero-order valence-electron chi connectivity index (χ0n) is 18.6. The van der Waals surface area contributed by atoms with Crippen LogP contribution in [0.5, 0.6) is 0 Å². The van der Waals surface area contributed by atoms with E-state index in [0.29, 0.717) is 44.9 Å². The first-order valence-corrected chi connectivity index (χ1v) is 11.8. The molecule has 0 spiro atoms. The molecule has 37 heavy (non-hydrogen) atoms. The van der Waals surface area contributed by atoms with Crippen LogP contribution < -0.4 is 15.1 Å². The van der Waals surface area contributed by atoms with Gasteiger partial charge in [-0.25, -0.2) is 4.39 Å². The van der Waals surface area contributed by atoms with E-state index in [0.717, 1.165) is 18.9 Å². The van der Waals surface area contributed by atoms with Gasteiger partial charge in [0.25, 0.3) is 0 Å². The van der Waals surface area contributed by atoms with Gasteiger partial charge in [-0.3, -0.25) is 0 Å². The van der Waals surface area contributed by atoms with E-state index in [4.69, 9.17) is 0 Å². The molecule has 2 amide bonds. The fourth-order valence-electron chi connectivity index (χ4n) is 3.89. The minimum Gasteiger partial charge on any atom is -0.205 e. The molecule has 2 heterocycles. The quantitative estimate of drug-likeness (QED) is 0.205. The van der Waals surface area contributed by atoms with Crippen molar-refractivity contribution in [2.75, 3.05) is 10.6 Å². The molecule has 5 rings (SSSR count). The summed E-state index contributed by atoms with van der Waals surface area (Å²) >= 11 is 2.27. The number of halogens is 5. The van der Waals surface area contributed by atoms with Crippen LogP contribution >= 0.6 is 0 Å². The molecular weight excluding hydrogens is 560 g/mol. The van der Waals surface area contributed by atoms with Crippen molar-refractivity contribution in [3.63, 3.8) is 0 Å². The van der Waals surface area contributed by atoms with E-state index in [1.165, 1.54) is 23.0 Å². The Kier molecular flexibility index (Phi) is 6.23.